The Kier molecular flexibility index (Phi) is 7.53. The number of nitrogens with one attached hydrogen (secondary N) is 2. The van der Waals surface area contributed by atoms with Gasteiger partial charge in [0.05, 0.1) is 30.5 Å². The third-order valence-corrected chi connectivity index (χ3v) is 3.99. The summed E-state index contributed by atoms with van der Waals surface area (Å²) >= 11 is 0. The van der Waals surface area contributed by atoms with Gasteiger partial charge >= 0.3 is 6.18 Å². The first-order valence-corrected chi connectivity index (χ1v) is 9.42. The number of guanidine groups is 1. The van der Waals surface area contributed by atoms with Gasteiger partial charge in [-0.2, -0.15) is 13.2 Å². The summed E-state index contributed by atoms with van der Waals surface area (Å²) in [6.45, 7) is 9.74. The van der Waals surface area contributed by atoms with E-state index in [-0.39, 0.29) is 30.5 Å². The van der Waals surface area contributed by atoms with Gasteiger partial charge in [-0.3, -0.25) is 0 Å². The summed E-state index contributed by atoms with van der Waals surface area (Å²) < 4.78 is 51.4. The first-order valence-electron chi connectivity index (χ1n) is 9.42. The molecule has 0 aliphatic carbocycles. The predicted molar refractivity (Wildman–Crippen MR) is 105 cm³/mol. The van der Waals surface area contributed by atoms with E-state index in [2.05, 4.69) is 20.6 Å². The second-order valence-electron chi connectivity index (χ2n) is 6.78. The first-order chi connectivity index (χ1) is 13.6. The molecule has 160 valence electrons. The quantitative estimate of drug-likeness (QED) is 0.523. The standard InChI is InChI=1S/C20H27F3N4O2/c1-6-24-19(26-11-18-27-13(4)14(5)29-18)25-10-15-7-8-16(28-12(2)3)9-17(15)20(21,22)23/h7-9,12H,6,10-11H2,1-5H3,(H2,24,25,26). The summed E-state index contributed by atoms with van der Waals surface area (Å²) in [5, 5.41) is 6.02. The lowest BCUT2D eigenvalue weighted by Crippen LogP contribution is -2.36. The summed E-state index contributed by atoms with van der Waals surface area (Å²) in [4.78, 5) is 8.54. The van der Waals surface area contributed by atoms with Crippen molar-refractivity contribution < 1.29 is 22.3 Å². The fourth-order valence-electron chi connectivity index (χ4n) is 2.58. The van der Waals surface area contributed by atoms with Gasteiger partial charge in [0.15, 0.2) is 5.96 Å². The number of oxazole rings is 1. The molecule has 29 heavy (non-hydrogen) atoms. The smallest absolute Gasteiger partial charge is 0.416 e. The first kappa shape index (κ1) is 22.6. The van der Waals surface area contributed by atoms with Crippen molar-refractivity contribution in [2.75, 3.05) is 6.54 Å². The molecule has 1 heterocycles. The number of benzene rings is 1. The molecule has 0 fully saturated rings. The molecule has 0 bridgehead atoms. The second kappa shape index (κ2) is 9.67. The number of nitrogens with zero attached hydrogens (tertiary/aromatic N) is 2. The molecule has 0 unspecified atom stereocenters. The lowest BCUT2D eigenvalue weighted by molar-refractivity contribution is -0.138. The lowest BCUT2D eigenvalue weighted by Gasteiger charge is -2.16. The van der Waals surface area contributed by atoms with Gasteiger partial charge in [-0.15, -0.1) is 0 Å². The topological polar surface area (TPSA) is 71.7 Å². The van der Waals surface area contributed by atoms with Gasteiger partial charge in [-0.1, -0.05) is 6.07 Å². The maximum absolute atomic E-state index is 13.5. The Labute approximate surface area is 168 Å². The van der Waals surface area contributed by atoms with E-state index < -0.39 is 11.7 Å². The Morgan fingerprint density at radius 3 is 2.52 bits per heavy atom. The van der Waals surface area contributed by atoms with Crippen molar-refractivity contribution in [3.8, 4) is 5.75 Å². The highest BCUT2D eigenvalue weighted by atomic mass is 19.4. The minimum absolute atomic E-state index is 0.0635. The van der Waals surface area contributed by atoms with Crippen molar-refractivity contribution in [2.24, 2.45) is 4.99 Å². The van der Waals surface area contributed by atoms with Gasteiger partial charge in [0.2, 0.25) is 5.89 Å². The van der Waals surface area contributed by atoms with Gasteiger partial charge in [0, 0.05) is 6.54 Å². The maximum atomic E-state index is 13.5. The molecule has 2 rings (SSSR count). The van der Waals surface area contributed by atoms with E-state index >= 15 is 0 Å². The molecule has 2 N–H and O–H groups in total. The molecule has 0 spiro atoms. The van der Waals surface area contributed by atoms with E-state index in [1.807, 2.05) is 20.8 Å². The van der Waals surface area contributed by atoms with Crippen molar-refractivity contribution in [3.63, 3.8) is 0 Å². The van der Waals surface area contributed by atoms with Crippen LogP contribution in [0.2, 0.25) is 0 Å². The Hall–Kier alpha value is -2.71. The molecule has 0 atom stereocenters. The van der Waals surface area contributed by atoms with E-state index in [1.54, 1.807) is 13.8 Å². The molecule has 0 aliphatic heterocycles. The van der Waals surface area contributed by atoms with E-state index in [0.717, 1.165) is 17.5 Å². The summed E-state index contributed by atoms with van der Waals surface area (Å²) in [5.74, 6) is 1.76. The van der Waals surface area contributed by atoms with Gasteiger partial charge in [0.25, 0.3) is 0 Å². The summed E-state index contributed by atoms with van der Waals surface area (Å²) in [6, 6.07) is 3.94. The van der Waals surface area contributed by atoms with Crippen LogP contribution >= 0.6 is 0 Å². The molecule has 1 aromatic heterocycles. The van der Waals surface area contributed by atoms with Gasteiger partial charge < -0.3 is 19.8 Å². The number of ether oxygens (including phenoxy) is 1. The van der Waals surface area contributed by atoms with Crippen LogP contribution in [0.4, 0.5) is 13.2 Å². The fraction of sp³-hybridized carbons (Fsp3) is 0.500. The lowest BCUT2D eigenvalue weighted by atomic mass is 10.1. The van der Waals surface area contributed by atoms with Crippen LogP contribution < -0.4 is 15.4 Å². The third-order valence-electron chi connectivity index (χ3n) is 3.99. The maximum Gasteiger partial charge on any atom is 0.416 e. The summed E-state index contributed by atoms with van der Waals surface area (Å²) in [5.41, 5.74) is 0.102. The van der Waals surface area contributed by atoms with E-state index in [0.29, 0.717) is 18.4 Å². The zero-order chi connectivity index (χ0) is 21.6. The van der Waals surface area contributed by atoms with Crippen LogP contribution in [-0.2, 0) is 19.3 Å². The van der Waals surface area contributed by atoms with Crippen molar-refractivity contribution in [3.05, 3.63) is 46.7 Å². The molecule has 0 amide bonds. The average Bonchev–Trinajstić information content (AvgIpc) is 2.94. The zero-order valence-electron chi connectivity index (χ0n) is 17.3. The van der Waals surface area contributed by atoms with Gasteiger partial charge in [-0.25, -0.2) is 9.98 Å². The third kappa shape index (κ3) is 6.69. The van der Waals surface area contributed by atoms with Crippen LogP contribution in [0.25, 0.3) is 0 Å². The van der Waals surface area contributed by atoms with Crippen molar-refractivity contribution in [1.82, 2.24) is 15.6 Å². The Morgan fingerprint density at radius 1 is 1.24 bits per heavy atom. The number of alkyl halides is 3. The van der Waals surface area contributed by atoms with Crippen molar-refractivity contribution in [1.29, 1.82) is 0 Å². The average molecular weight is 412 g/mol. The Balaban J connectivity index is 2.18. The zero-order valence-corrected chi connectivity index (χ0v) is 17.3. The Bertz CT molecular complexity index is 825. The number of rotatable bonds is 7. The van der Waals surface area contributed by atoms with Gasteiger partial charge in [-0.05, 0) is 52.3 Å². The number of hydrogen-bond donors (Lipinski definition) is 2. The highest BCUT2D eigenvalue weighted by Gasteiger charge is 2.33. The molecule has 0 radical (unpaired) electrons. The van der Waals surface area contributed by atoms with Crippen LogP contribution in [0.5, 0.6) is 5.75 Å². The normalized spacial score (nSPS) is 12.4. The molecule has 1 aromatic carbocycles. The number of aliphatic imine (C=N–C) groups is 1. The molecular formula is C20H27F3N4O2. The Morgan fingerprint density at radius 2 is 1.97 bits per heavy atom. The molecular weight excluding hydrogens is 385 g/mol. The van der Waals surface area contributed by atoms with Crippen molar-refractivity contribution >= 4 is 5.96 Å². The molecule has 0 aliphatic rings. The predicted octanol–water partition coefficient (Wildman–Crippen LogP) is 4.35. The number of aromatic nitrogens is 1. The molecule has 0 saturated heterocycles. The number of aryl methyl sites for hydroxylation is 2. The molecule has 0 saturated carbocycles. The molecule has 2 aromatic rings. The summed E-state index contributed by atoms with van der Waals surface area (Å²) in [6.07, 6.45) is -4.72. The van der Waals surface area contributed by atoms with Crippen LogP contribution in [0, 0.1) is 13.8 Å². The van der Waals surface area contributed by atoms with Gasteiger partial charge in [0.1, 0.15) is 11.5 Å². The summed E-state index contributed by atoms with van der Waals surface area (Å²) in [7, 11) is 0. The highest BCUT2D eigenvalue weighted by molar-refractivity contribution is 5.79. The van der Waals surface area contributed by atoms with Crippen LogP contribution in [0.15, 0.2) is 27.6 Å². The molecule has 6 nitrogen and oxygen atoms in total. The SMILES string of the molecule is CCNC(=NCc1ccc(OC(C)C)cc1C(F)(F)F)NCc1nc(C)c(C)o1. The minimum atomic E-state index is -4.50. The number of hydrogen-bond acceptors (Lipinski definition) is 4. The van der Waals surface area contributed by atoms with E-state index in [9.17, 15) is 13.2 Å². The minimum Gasteiger partial charge on any atom is -0.491 e. The molecule has 9 heteroatoms. The number of halogens is 3. The van der Waals surface area contributed by atoms with Crippen LogP contribution in [-0.4, -0.2) is 23.6 Å². The largest absolute Gasteiger partial charge is 0.491 e. The highest BCUT2D eigenvalue weighted by Crippen LogP contribution is 2.35. The monoisotopic (exact) mass is 412 g/mol. The van der Waals surface area contributed by atoms with Crippen LogP contribution in [0.1, 0.15) is 49.2 Å². The van der Waals surface area contributed by atoms with E-state index in [4.69, 9.17) is 9.15 Å². The van der Waals surface area contributed by atoms with Crippen LogP contribution in [0.3, 0.4) is 0 Å². The van der Waals surface area contributed by atoms with Crippen molar-refractivity contribution in [2.45, 2.75) is 60.0 Å². The second-order valence-corrected chi connectivity index (χ2v) is 6.78. The van der Waals surface area contributed by atoms with E-state index in [1.165, 1.54) is 12.1 Å². The fourth-order valence-corrected chi connectivity index (χ4v) is 2.58.